The summed E-state index contributed by atoms with van der Waals surface area (Å²) in [5.74, 6) is 1.18. The summed E-state index contributed by atoms with van der Waals surface area (Å²) in [7, 11) is -1.56. The lowest BCUT2D eigenvalue weighted by Crippen LogP contribution is -2.49. The number of aryl methyl sites for hydroxylation is 2. The van der Waals surface area contributed by atoms with Crippen molar-refractivity contribution in [1.82, 2.24) is 9.55 Å². The van der Waals surface area contributed by atoms with E-state index in [-0.39, 0.29) is 0 Å². The molecular weight excluding hydrogens is 499 g/mol. The van der Waals surface area contributed by atoms with Crippen LogP contribution in [-0.4, -0.2) is 25.7 Å². The van der Waals surface area contributed by atoms with Gasteiger partial charge in [-0.3, -0.25) is 4.98 Å². The number of pyridine rings is 1. The lowest BCUT2D eigenvalue weighted by Gasteiger charge is -2.27. The molecule has 0 N–H and O–H groups in total. The Morgan fingerprint density at radius 3 is 2.26 bits per heavy atom. The quantitative estimate of drug-likeness (QED) is 0.184. The second-order valence-corrected chi connectivity index (χ2v) is 22.6. The van der Waals surface area contributed by atoms with Gasteiger partial charge in [0.1, 0.15) is 16.9 Å². The number of hydrogen-bond acceptors (Lipinski definition) is 2. The first-order chi connectivity index (χ1) is 18.0. The summed E-state index contributed by atoms with van der Waals surface area (Å²) in [5, 5.41) is 5.34. The van der Waals surface area contributed by atoms with Crippen molar-refractivity contribution < 1.29 is 8.98 Å². The topological polar surface area (TPSA) is 34.8 Å². The van der Waals surface area contributed by atoms with Crippen LogP contribution in [0.4, 0.5) is 0 Å². The monoisotopic (exact) mass is 534 g/mol. The first-order valence-corrected chi connectivity index (χ1v) is 20.4. The molecule has 4 nitrogen and oxygen atoms in total. The number of fused-ring (bicyclic) bond motifs is 4. The van der Waals surface area contributed by atoms with Crippen molar-refractivity contribution in [1.29, 1.82) is 0 Å². The third-order valence-corrected chi connectivity index (χ3v) is 11.7. The van der Waals surface area contributed by atoms with E-state index < -0.39 is 16.1 Å². The van der Waals surface area contributed by atoms with Gasteiger partial charge in [0.25, 0.3) is 5.82 Å². The molecule has 0 aliphatic carbocycles. The molecule has 0 spiro atoms. The van der Waals surface area contributed by atoms with Crippen molar-refractivity contribution in [3.63, 3.8) is 0 Å². The van der Waals surface area contributed by atoms with Crippen molar-refractivity contribution in [3.05, 3.63) is 78.6 Å². The van der Waals surface area contributed by atoms with Crippen LogP contribution >= 0.6 is 0 Å². The minimum absolute atomic E-state index is 0.966. The van der Waals surface area contributed by atoms with Crippen LogP contribution in [0, 0.1) is 6.92 Å². The van der Waals surface area contributed by atoms with Gasteiger partial charge in [0.05, 0.1) is 28.8 Å². The Morgan fingerprint density at radius 2 is 1.55 bits per heavy atom. The van der Waals surface area contributed by atoms with Gasteiger partial charge in [-0.25, -0.2) is 4.57 Å². The van der Waals surface area contributed by atoms with E-state index in [1.807, 2.05) is 12.4 Å². The third kappa shape index (κ3) is 3.69. The molecule has 6 heteroatoms. The summed E-state index contributed by atoms with van der Waals surface area (Å²) < 4.78 is 11.6. The second-order valence-electron chi connectivity index (χ2n) is 12.5. The fourth-order valence-corrected chi connectivity index (χ4v) is 9.39. The maximum atomic E-state index is 6.75. The highest BCUT2D eigenvalue weighted by Crippen LogP contribution is 2.34. The number of furan rings is 1. The normalized spacial score (nSPS) is 12.7. The number of rotatable bonds is 4. The lowest BCUT2D eigenvalue weighted by atomic mass is 10.1. The number of imidazole rings is 1. The van der Waals surface area contributed by atoms with Crippen LogP contribution in [0.1, 0.15) is 5.56 Å². The Balaban J connectivity index is 1.91. The molecule has 6 rings (SSSR count). The number of para-hydroxylation sites is 3. The summed E-state index contributed by atoms with van der Waals surface area (Å²) in [4.78, 5) is 4.42. The van der Waals surface area contributed by atoms with Gasteiger partial charge in [0, 0.05) is 28.4 Å². The van der Waals surface area contributed by atoms with E-state index in [1.54, 1.807) is 0 Å². The second kappa shape index (κ2) is 8.51. The Morgan fingerprint density at radius 1 is 0.842 bits per heavy atom. The van der Waals surface area contributed by atoms with Gasteiger partial charge in [0.2, 0.25) is 0 Å². The molecule has 0 bridgehead atoms. The van der Waals surface area contributed by atoms with E-state index in [0.29, 0.717) is 0 Å². The molecule has 3 heterocycles. The zero-order chi connectivity index (χ0) is 27.0. The molecule has 0 aliphatic rings. The van der Waals surface area contributed by atoms with Crippen molar-refractivity contribution in [2.75, 3.05) is 0 Å². The lowest BCUT2D eigenvalue weighted by molar-refractivity contribution is -0.633. The van der Waals surface area contributed by atoms with Crippen LogP contribution in [0.5, 0.6) is 0 Å². The van der Waals surface area contributed by atoms with Crippen molar-refractivity contribution in [2.45, 2.75) is 46.2 Å². The van der Waals surface area contributed by atoms with E-state index in [0.717, 1.165) is 11.2 Å². The summed E-state index contributed by atoms with van der Waals surface area (Å²) >= 11 is 0. The van der Waals surface area contributed by atoms with Crippen LogP contribution < -0.4 is 14.9 Å². The predicted octanol–water partition coefficient (Wildman–Crippen LogP) is 6.82. The highest BCUT2D eigenvalue weighted by Gasteiger charge is 2.39. The van der Waals surface area contributed by atoms with E-state index in [2.05, 4.69) is 128 Å². The Bertz CT molecular complexity index is 1870. The maximum absolute atomic E-state index is 6.75. The molecular formula is C32H36N3OSi2+. The van der Waals surface area contributed by atoms with Gasteiger partial charge in [0.15, 0.2) is 11.0 Å². The molecule has 38 heavy (non-hydrogen) atoms. The van der Waals surface area contributed by atoms with Crippen molar-refractivity contribution in [3.8, 4) is 17.1 Å². The van der Waals surface area contributed by atoms with Crippen LogP contribution in [0.15, 0.2) is 77.5 Å². The van der Waals surface area contributed by atoms with Crippen LogP contribution in [0.3, 0.4) is 0 Å². The standard InChI is InChI=1S/C32H36N3OSi2/c1-21-20-33-18-17-22(21)32-34(2)25-14-10-11-15-26(25)35(32)29-28(37(3,4)5)19-24-23-13-9-12-16-27(23)36-30(24)31(29)38(6,7)8/h9-20H,1-8H3/q+1. The van der Waals surface area contributed by atoms with Gasteiger partial charge in [-0.1, -0.05) is 69.6 Å². The Kier molecular flexibility index (Phi) is 5.56. The van der Waals surface area contributed by atoms with Gasteiger partial charge < -0.3 is 4.42 Å². The van der Waals surface area contributed by atoms with E-state index in [4.69, 9.17) is 4.42 Å². The number of benzene rings is 3. The van der Waals surface area contributed by atoms with Crippen molar-refractivity contribution >= 4 is 59.5 Å². The largest absolute Gasteiger partial charge is 0.456 e. The fraction of sp³-hybridized carbons (Fsp3) is 0.250. The van der Waals surface area contributed by atoms with Gasteiger partial charge in [-0.05, 0) is 48.0 Å². The molecule has 0 amide bonds. The number of aromatic nitrogens is 3. The predicted molar refractivity (Wildman–Crippen MR) is 166 cm³/mol. The molecule has 0 atom stereocenters. The summed E-state index contributed by atoms with van der Waals surface area (Å²) in [5.41, 5.74) is 8.15. The Hall–Kier alpha value is -3.49. The molecule has 0 radical (unpaired) electrons. The first-order valence-electron chi connectivity index (χ1n) is 13.4. The smallest absolute Gasteiger partial charge is 0.295 e. The summed E-state index contributed by atoms with van der Waals surface area (Å²) in [6, 6.07) is 21.9. The number of hydrogen-bond donors (Lipinski definition) is 0. The van der Waals surface area contributed by atoms with Crippen molar-refractivity contribution in [2.24, 2.45) is 7.05 Å². The highest BCUT2D eigenvalue weighted by molar-refractivity contribution is 6.94. The van der Waals surface area contributed by atoms with E-state index >= 15 is 0 Å². The van der Waals surface area contributed by atoms with Gasteiger partial charge in [-0.2, -0.15) is 4.57 Å². The maximum Gasteiger partial charge on any atom is 0.295 e. The molecule has 0 aliphatic heterocycles. The number of nitrogens with zero attached hydrogens (tertiary/aromatic N) is 3. The van der Waals surface area contributed by atoms with Crippen LogP contribution in [0.2, 0.25) is 39.3 Å². The SMILES string of the molecule is Cc1cnccc1-c1n(-c2c([Si](C)(C)C)cc3c(oc4ccccc43)c2[Si](C)(C)C)c2ccccc2[n+]1C. The Labute approximate surface area is 226 Å². The minimum atomic E-state index is -1.93. The minimum Gasteiger partial charge on any atom is -0.456 e. The average molecular weight is 535 g/mol. The molecule has 6 aromatic rings. The van der Waals surface area contributed by atoms with E-state index in [1.165, 1.54) is 54.8 Å². The molecule has 192 valence electrons. The molecule has 0 fully saturated rings. The fourth-order valence-electron chi connectivity index (χ4n) is 5.92. The molecule has 0 unspecified atom stereocenters. The van der Waals surface area contributed by atoms with Gasteiger partial charge >= 0.3 is 0 Å². The average Bonchev–Trinajstić information content (AvgIpc) is 3.37. The summed E-state index contributed by atoms with van der Waals surface area (Å²) in [6.07, 6.45) is 3.88. The zero-order valence-electron chi connectivity index (χ0n) is 23.7. The van der Waals surface area contributed by atoms with Crippen LogP contribution in [-0.2, 0) is 7.05 Å². The zero-order valence-corrected chi connectivity index (χ0v) is 25.7. The molecule has 3 aromatic heterocycles. The molecule has 3 aromatic carbocycles. The molecule has 0 saturated heterocycles. The first kappa shape index (κ1) is 24.8. The van der Waals surface area contributed by atoms with Crippen LogP contribution in [0.25, 0.3) is 50.0 Å². The van der Waals surface area contributed by atoms with E-state index in [9.17, 15) is 0 Å². The van der Waals surface area contributed by atoms with Gasteiger partial charge in [-0.15, -0.1) is 0 Å². The highest BCUT2D eigenvalue weighted by atomic mass is 28.3. The molecule has 0 saturated carbocycles. The third-order valence-electron chi connectivity index (χ3n) is 7.70. The summed E-state index contributed by atoms with van der Waals surface area (Å²) in [6.45, 7) is 16.9.